The molecule has 0 aromatic carbocycles. The summed E-state index contributed by atoms with van der Waals surface area (Å²) < 4.78 is 4.83. The van der Waals surface area contributed by atoms with Crippen LogP contribution in [0.2, 0.25) is 0 Å². The van der Waals surface area contributed by atoms with E-state index >= 15 is 0 Å². The Balaban J connectivity index is -0.000000174. The molecule has 0 amide bonds. The molecule has 0 fully saturated rings. The summed E-state index contributed by atoms with van der Waals surface area (Å²) in [6.07, 6.45) is -1.91. The monoisotopic (exact) mass is 258 g/mol. The van der Waals surface area contributed by atoms with Gasteiger partial charge in [-0.05, 0) is 13.8 Å². The smallest absolute Gasteiger partial charge is 0.100 e. The van der Waals surface area contributed by atoms with Gasteiger partial charge in [-0.2, -0.15) is 0 Å². The molecule has 0 unspecified atom stereocenters. The number of aliphatic hydroxyl groups is 6. The van der Waals surface area contributed by atoms with Crippen LogP contribution in [0.5, 0.6) is 0 Å². The van der Waals surface area contributed by atoms with Gasteiger partial charge in [-0.15, -0.1) is 0 Å². The second kappa shape index (κ2) is 21.1. The number of aliphatic hydroxyl groups excluding tert-OH is 6. The summed E-state index contributed by atoms with van der Waals surface area (Å²) in [6, 6.07) is 0. The van der Waals surface area contributed by atoms with Gasteiger partial charge in [0.15, 0.2) is 0 Å². The lowest BCUT2D eigenvalue weighted by molar-refractivity contribution is 0.0450. The predicted molar refractivity (Wildman–Crippen MR) is 62.5 cm³/mol. The van der Waals surface area contributed by atoms with Gasteiger partial charge in [-0.25, -0.2) is 0 Å². The Morgan fingerprint density at radius 2 is 0.941 bits per heavy atom. The molecule has 0 bridgehead atoms. The highest BCUT2D eigenvalue weighted by Crippen LogP contribution is 1.72. The molecule has 0 aromatic heterocycles. The van der Waals surface area contributed by atoms with Gasteiger partial charge in [0, 0.05) is 13.2 Å². The molecule has 0 aliphatic heterocycles. The van der Waals surface area contributed by atoms with Gasteiger partial charge < -0.3 is 35.4 Å². The lowest BCUT2D eigenvalue weighted by Gasteiger charge is -1.96. The fraction of sp³-hybridized carbons (Fsp3) is 1.00. The van der Waals surface area contributed by atoms with Gasteiger partial charge in [0.05, 0.1) is 26.4 Å². The Morgan fingerprint density at radius 1 is 0.706 bits per heavy atom. The van der Waals surface area contributed by atoms with Gasteiger partial charge in [-0.3, -0.25) is 0 Å². The van der Waals surface area contributed by atoms with Crippen molar-refractivity contribution in [1.29, 1.82) is 0 Å². The van der Waals surface area contributed by atoms with Crippen LogP contribution < -0.4 is 0 Å². The average molecular weight is 258 g/mol. The van der Waals surface area contributed by atoms with Crippen molar-refractivity contribution in [3.63, 3.8) is 0 Å². The SMILES string of the molecule is CCOCC.OCC(O)CO.OCC(O)CO. The summed E-state index contributed by atoms with van der Waals surface area (Å²) >= 11 is 0. The maximum absolute atomic E-state index is 8.17. The molecule has 0 saturated heterocycles. The van der Waals surface area contributed by atoms with Gasteiger partial charge >= 0.3 is 0 Å². The van der Waals surface area contributed by atoms with Crippen molar-refractivity contribution in [2.24, 2.45) is 0 Å². The number of hydrogen-bond donors (Lipinski definition) is 6. The summed E-state index contributed by atoms with van der Waals surface area (Å²) in [5.74, 6) is 0. The third-order valence-corrected chi connectivity index (χ3v) is 1.25. The molecule has 0 atom stereocenters. The van der Waals surface area contributed by atoms with E-state index in [1.165, 1.54) is 0 Å². The quantitative estimate of drug-likeness (QED) is 0.316. The van der Waals surface area contributed by atoms with Crippen LogP contribution in [0.3, 0.4) is 0 Å². The molecule has 0 aliphatic carbocycles. The molecule has 0 aliphatic rings. The Bertz CT molecular complexity index is 92.8. The van der Waals surface area contributed by atoms with Crippen LogP contribution in [-0.2, 0) is 4.74 Å². The van der Waals surface area contributed by atoms with Crippen LogP contribution >= 0.6 is 0 Å². The molecule has 0 heterocycles. The third-order valence-electron chi connectivity index (χ3n) is 1.25. The zero-order chi connectivity index (χ0) is 14.1. The number of rotatable bonds is 6. The molecule has 6 N–H and O–H groups in total. The number of ether oxygens (including phenoxy) is 1. The third kappa shape index (κ3) is 31.3. The van der Waals surface area contributed by atoms with Gasteiger partial charge in [0.1, 0.15) is 12.2 Å². The van der Waals surface area contributed by atoms with Gasteiger partial charge in [0.25, 0.3) is 0 Å². The Labute approximate surface area is 102 Å². The fourth-order valence-electron chi connectivity index (χ4n) is 0.320. The summed E-state index contributed by atoms with van der Waals surface area (Å²) in [5.41, 5.74) is 0. The minimum Gasteiger partial charge on any atom is -0.394 e. The highest BCUT2D eigenvalue weighted by molar-refractivity contribution is 4.44. The van der Waals surface area contributed by atoms with Crippen molar-refractivity contribution in [1.82, 2.24) is 0 Å². The van der Waals surface area contributed by atoms with E-state index in [2.05, 4.69) is 0 Å². The van der Waals surface area contributed by atoms with E-state index in [9.17, 15) is 0 Å². The molecular formula is C10H26O7. The summed E-state index contributed by atoms with van der Waals surface area (Å²) in [4.78, 5) is 0. The highest BCUT2D eigenvalue weighted by Gasteiger charge is 1.94. The summed E-state index contributed by atoms with van der Waals surface area (Å²) in [6.45, 7) is 4.21. The topological polar surface area (TPSA) is 131 Å². The first-order valence-electron chi connectivity index (χ1n) is 5.41. The van der Waals surface area contributed by atoms with E-state index in [-0.39, 0.29) is 26.4 Å². The Kier molecular flexibility index (Phi) is 27.2. The van der Waals surface area contributed by atoms with E-state index in [0.29, 0.717) is 0 Å². The fourth-order valence-corrected chi connectivity index (χ4v) is 0.320. The zero-order valence-electron chi connectivity index (χ0n) is 10.5. The molecular weight excluding hydrogens is 232 g/mol. The zero-order valence-corrected chi connectivity index (χ0v) is 10.5. The van der Waals surface area contributed by atoms with Crippen LogP contribution in [0.4, 0.5) is 0 Å². The first-order valence-corrected chi connectivity index (χ1v) is 5.41. The Morgan fingerprint density at radius 3 is 0.941 bits per heavy atom. The predicted octanol–water partition coefficient (Wildman–Crippen LogP) is -2.29. The van der Waals surface area contributed by atoms with E-state index in [1.807, 2.05) is 13.8 Å². The van der Waals surface area contributed by atoms with E-state index in [4.69, 9.17) is 35.4 Å². The van der Waals surface area contributed by atoms with Crippen molar-refractivity contribution < 1.29 is 35.4 Å². The van der Waals surface area contributed by atoms with Crippen molar-refractivity contribution >= 4 is 0 Å². The van der Waals surface area contributed by atoms with Crippen LogP contribution in [0.1, 0.15) is 13.8 Å². The van der Waals surface area contributed by atoms with Crippen molar-refractivity contribution in [2.45, 2.75) is 26.1 Å². The van der Waals surface area contributed by atoms with E-state index in [1.54, 1.807) is 0 Å². The molecule has 0 radical (unpaired) electrons. The maximum Gasteiger partial charge on any atom is 0.100 e. The molecule has 0 aromatic rings. The van der Waals surface area contributed by atoms with Gasteiger partial charge in [0.2, 0.25) is 0 Å². The number of hydrogen-bond acceptors (Lipinski definition) is 7. The molecule has 17 heavy (non-hydrogen) atoms. The summed E-state index contributed by atoms with van der Waals surface area (Å²) in [7, 11) is 0. The Hall–Kier alpha value is -0.280. The molecule has 0 spiro atoms. The van der Waals surface area contributed by atoms with Crippen molar-refractivity contribution in [3.8, 4) is 0 Å². The second-order valence-corrected chi connectivity index (χ2v) is 2.82. The highest BCUT2D eigenvalue weighted by atomic mass is 16.5. The van der Waals surface area contributed by atoms with E-state index in [0.717, 1.165) is 13.2 Å². The second-order valence-electron chi connectivity index (χ2n) is 2.82. The first kappa shape index (κ1) is 21.9. The van der Waals surface area contributed by atoms with E-state index < -0.39 is 12.2 Å². The van der Waals surface area contributed by atoms with Crippen molar-refractivity contribution in [3.05, 3.63) is 0 Å². The largest absolute Gasteiger partial charge is 0.394 e. The van der Waals surface area contributed by atoms with Crippen LogP contribution in [-0.4, -0.2) is 82.5 Å². The molecule has 108 valence electrons. The minimum atomic E-state index is -0.954. The summed E-state index contributed by atoms with van der Waals surface area (Å²) in [5, 5.41) is 48.0. The van der Waals surface area contributed by atoms with Crippen molar-refractivity contribution in [2.75, 3.05) is 39.6 Å². The first-order chi connectivity index (χ1) is 8.03. The van der Waals surface area contributed by atoms with Gasteiger partial charge in [-0.1, -0.05) is 0 Å². The van der Waals surface area contributed by atoms with Crippen LogP contribution in [0, 0.1) is 0 Å². The maximum atomic E-state index is 8.17. The standard InChI is InChI=1S/C4H10O.2C3H8O3/c1-3-5-4-2;2*4-1-3(6)2-5/h3-4H2,1-2H3;2*3-6H,1-2H2. The lowest BCUT2D eigenvalue weighted by Crippen LogP contribution is -2.15. The molecule has 0 rings (SSSR count). The minimum absolute atomic E-state index is 0.365. The lowest BCUT2D eigenvalue weighted by atomic mass is 10.4. The normalized spacial score (nSPS) is 9.53. The molecule has 7 heteroatoms. The van der Waals surface area contributed by atoms with Crippen LogP contribution in [0.15, 0.2) is 0 Å². The van der Waals surface area contributed by atoms with Crippen LogP contribution in [0.25, 0.3) is 0 Å². The average Bonchev–Trinajstić information content (AvgIpc) is 2.39. The molecule has 0 saturated carbocycles. The molecule has 7 nitrogen and oxygen atoms in total.